The largest absolute Gasteiger partial charge is 0.338 e. The van der Waals surface area contributed by atoms with Gasteiger partial charge in [-0.1, -0.05) is 41.9 Å². The first-order chi connectivity index (χ1) is 15.9. The summed E-state index contributed by atoms with van der Waals surface area (Å²) in [6.07, 6.45) is -0.648. The molecule has 1 amide bonds. The average molecular weight is 470 g/mol. The van der Waals surface area contributed by atoms with Crippen molar-refractivity contribution in [1.82, 2.24) is 19.7 Å². The Morgan fingerprint density at radius 1 is 1.15 bits per heavy atom. The van der Waals surface area contributed by atoms with Crippen molar-refractivity contribution >= 4 is 34.1 Å². The molecule has 2 aromatic carbocycles. The van der Waals surface area contributed by atoms with Gasteiger partial charge in [-0.25, -0.2) is 13.5 Å². The molecular weight excluding hydrogens is 448 g/mol. The Kier molecular flexibility index (Phi) is 5.54. The number of likely N-dealkylation sites (tertiary alicyclic amines) is 1. The van der Waals surface area contributed by atoms with Gasteiger partial charge in [0.1, 0.15) is 24.2 Å². The zero-order valence-corrected chi connectivity index (χ0v) is 18.7. The zero-order chi connectivity index (χ0) is 23.1. The van der Waals surface area contributed by atoms with Crippen LogP contribution >= 0.6 is 11.6 Å². The molecule has 0 aliphatic carbocycles. The van der Waals surface area contributed by atoms with Crippen molar-refractivity contribution in [1.29, 1.82) is 0 Å². The lowest BCUT2D eigenvalue weighted by molar-refractivity contribution is -0.131. The van der Waals surface area contributed by atoms with Gasteiger partial charge in [0.05, 0.1) is 22.8 Å². The Hall–Kier alpha value is -3.39. The fraction of sp³-hybridized carbons (Fsp3) is 0.250. The fourth-order valence-electron chi connectivity index (χ4n) is 4.28. The second-order valence-electron chi connectivity index (χ2n) is 8.16. The van der Waals surface area contributed by atoms with Gasteiger partial charge in [0.15, 0.2) is 5.82 Å². The summed E-state index contributed by atoms with van der Waals surface area (Å²) >= 11 is 6.95. The molecule has 0 saturated carbocycles. The summed E-state index contributed by atoms with van der Waals surface area (Å²) in [5.74, 6) is -0.0307. The lowest BCUT2D eigenvalue weighted by Gasteiger charge is -2.31. The van der Waals surface area contributed by atoms with E-state index in [-0.39, 0.29) is 24.8 Å². The van der Waals surface area contributed by atoms with Crippen LogP contribution in [-0.2, 0) is 11.3 Å². The smallest absolute Gasteiger partial charge is 0.244 e. The molecule has 0 unspecified atom stereocenters. The van der Waals surface area contributed by atoms with E-state index in [4.69, 9.17) is 11.6 Å². The van der Waals surface area contributed by atoms with E-state index in [1.807, 2.05) is 37.4 Å². The Bertz CT molecular complexity index is 1230. The zero-order valence-electron chi connectivity index (χ0n) is 17.9. The van der Waals surface area contributed by atoms with Gasteiger partial charge in [-0.3, -0.25) is 15.2 Å². The highest BCUT2D eigenvalue weighted by Gasteiger charge is 2.32. The van der Waals surface area contributed by atoms with Crippen LogP contribution in [0.4, 0.5) is 14.6 Å². The third-order valence-electron chi connectivity index (χ3n) is 5.92. The number of fused-ring (bicyclic) bond motifs is 1. The maximum absolute atomic E-state index is 13.6. The van der Waals surface area contributed by atoms with E-state index in [0.29, 0.717) is 40.6 Å². The molecular formula is C24H22ClF2N5O. The quantitative estimate of drug-likeness (QED) is 0.607. The Balaban J connectivity index is 1.62. The summed E-state index contributed by atoms with van der Waals surface area (Å²) in [6, 6.07) is 15.6. The molecule has 9 heteroatoms. The molecule has 1 saturated heterocycles. The summed E-state index contributed by atoms with van der Waals surface area (Å²) in [7, 11) is 1.83. The monoisotopic (exact) mass is 469 g/mol. The highest BCUT2D eigenvalue weighted by molar-refractivity contribution is 6.53. The molecule has 0 radical (unpaired) electrons. The van der Waals surface area contributed by atoms with Crippen LogP contribution in [-0.4, -0.2) is 51.9 Å². The summed E-state index contributed by atoms with van der Waals surface area (Å²) in [6.45, 7) is 0.418. The summed E-state index contributed by atoms with van der Waals surface area (Å²) in [5, 5.41) is 6.92. The highest BCUT2D eigenvalue weighted by atomic mass is 35.5. The number of hydrazine groups is 1. The molecule has 2 aliphatic rings. The standard InChI is InChI=1S/C24H22ClF2N5O/c1-30-23(16-5-3-2-4-6-16)21(25)20-22(15-7-9-17(26)10-8-15)28-32(24(20)29-30)14-19(33)31-12-11-18(27)13-31/h2-10,18,29H,11-14H2,1H3/t18-/m1/s1. The number of hydrogen-bond donors (Lipinski definition) is 1. The van der Waals surface area contributed by atoms with Gasteiger partial charge in [0, 0.05) is 24.7 Å². The minimum atomic E-state index is -0.995. The van der Waals surface area contributed by atoms with Gasteiger partial charge < -0.3 is 4.90 Å². The van der Waals surface area contributed by atoms with Gasteiger partial charge in [0.2, 0.25) is 5.91 Å². The predicted octanol–water partition coefficient (Wildman–Crippen LogP) is 4.60. The van der Waals surface area contributed by atoms with Crippen molar-refractivity contribution in [3.63, 3.8) is 0 Å². The number of aromatic nitrogens is 2. The summed E-state index contributed by atoms with van der Waals surface area (Å²) in [4.78, 5) is 14.4. The molecule has 170 valence electrons. The molecule has 0 bridgehead atoms. The number of halogens is 3. The Labute approximate surface area is 195 Å². The third kappa shape index (κ3) is 3.95. The number of carbonyl (C=O) groups is 1. The summed E-state index contributed by atoms with van der Waals surface area (Å²) < 4.78 is 28.7. The lowest BCUT2D eigenvalue weighted by Crippen LogP contribution is -2.34. The number of nitrogens with zero attached hydrogens (tertiary/aromatic N) is 4. The number of anilines is 1. The summed E-state index contributed by atoms with van der Waals surface area (Å²) in [5.41, 5.74) is 6.76. The minimum absolute atomic E-state index is 0.0675. The van der Waals surface area contributed by atoms with Crippen LogP contribution in [0.15, 0.2) is 54.6 Å². The molecule has 2 aliphatic heterocycles. The van der Waals surface area contributed by atoms with Crippen LogP contribution in [0.25, 0.3) is 22.0 Å². The highest BCUT2D eigenvalue weighted by Crippen LogP contribution is 2.44. The van der Waals surface area contributed by atoms with Crippen LogP contribution in [0.3, 0.4) is 0 Å². The number of rotatable bonds is 4. The predicted molar refractivity (Wildman–Crippen MR) is 124 cm³/mol. The van der Waals surface area contributed by atoms with Crippen LogP contribution in [0, 0.1) is 5.82 Å². The Morgan fingerprint density at radius 2 is 1.88 bits per heavy atom. The number of amides is 1. The van der Waals surface area contributed by atoms with Crippen molar-refractivity contribution < 1.29 is 13.6 Å². The van der Waals surface area contributed by atoms with Gasteiger partial charge in [-0.2, -0.15) is 5.10 Å². The first-order valence-corrected chi connectivity index (χ1v) is 11.0. The molecule has 1 N–H and O–H groups in total. The Morgan fingerprint density at radius 3 is 2.55 bits per heavy atom. The van der Waals surface area contributed by atoms with Crippen molar-refractivity contribution in [3.8, 4) is 11.3 Å². The maximum Gasteiger partial charge on any atom is 0.244 e. The van der Waals surface area contributed by atoms with E-state index in [1.165, 1.54) is 17.0 Å². The van der Waals surface area contributed by atoms with Crippen molar-refractivity contribution in [2.45, 2.75) is 19.1 Å². The molecule has 3 heterocycles. The lowest BCUT2D eigenvalue weighted by atomic mass is 10.0. The van der Waals surface area contributed by atoms with Crippen molar-refractivity contribution in [2.24, 2.45) is 0 Å². The van der Waals surface area contributed by atoms with Gasteiger partial charge in [0.25, 0.3) is 0 Å². The topological polar surface area (TPSA) is 53.4 Å². The molecule has 5 rings (SSSR count). The number of nitrogens with one attached hydrogen (secondary N) is 1. The maximum atomic E-state index is 13.6. The van der Waals surface area contributed by atoms with E-state index in [0.717, 1.165) is 11.3 Å². The van der Waals surface area contributed by atoms with Crippen molar-refractivity contribution in [2.75, 3.05) is 25.6 Å². The van der Waals surface area contributed by atoms with E-state index in [9.17, 15) is 13.6 Å². The molecule has 6 nitrogen and oxygen atoms in total. The van der Waals surface area contributed by atoms with E-state index in [1.54, 1.807) is 21.8 Å². The number of alkyl halides is 1. The molecule has 33 heavy (non-hydrogen) atoms. The van der Waals surface area contributed by atoms with Crippen LogP contribution in [0.2, 0.25) is 0 Å². The number of benzene rings is 2. The van der Waals surface area contributed by atoms with E-state index in [2.05, 4.69) is 10.5 Å². The normalized spacial score (nSPS) is 17.9. The van der Waals surface area contributed by atoms with Gasteiger partial charge in [-0.05, 0) is 30.7 Å². The van der Waals surface area contributed by atoms with Crippen LogP contribution in [0.5, 0.6) is 0 Å². The average Bonchev–Trinajstić information content (AvgIpc) is 3.39. The molecule has 0 spiro atoms. The molecule has 1 aromatic heterocycles. The van der Waals surface area contributed by atoms with Crippen LogP contribution < -0.4 is 5.43 Å². The second kappa shape index (κ2) is 8.51. The molecule has 1 atom stereocenters. The molecule has 3 aromatic rings. The minimum Gasteiger partial charge on any atom is -0.338 e. The first kappa shape index (κ1) is 21.5. The second-order valence-corrected chi connectivity index (χ2v) is 8.54. The SMILES string of the molecule is CN1Nc2c(c(-c3ccc(F)cc3)nn2CC(=O)N2CC[C@@H](F)C2)C(Cl)=C1c1ccccc1. The fourth-order valence-corrected chi connectivity index (χ4v) is 4.69. The third-order valence-corrected chi connectivity index (χ3v) is 6.29. The van der Waals surface area contributed by atoms with Gasteiger partial charge in [-0.15, -0.1) is 0 Å². The van der Waals surface area contributed by atoms with Crippen LogP contribution in [0.1, 0.15) is 17.5 Å². The number of carbonyl (C=O) groups excluding carboxylic acids is 1. The molecule has 1 fully saturated rings. The van der Waals surface area contributed by atoms with Gasteiger partial charge >= 0.3 is 0 Å². The van der Waals surface area contributed by atoms with E-state index >= 15 is 0 Å². The number of hydrogen-bond acceptors (Lipinski definition) is 4. The van der Waals surface area contributed by atoms with Crippen molar-refractivity contribution in [3.05, 3.63) is 71.5 Å². The first-order valence-electron chi connectivity index (χ1n) is 10.7. The van der Waals surface area contributed by atoms with E-state index < -0.39 is 6.17 Å².